The Labute approximate surface area is 138 Å². The fourth-order valence-electron chi connectivity index (χ4n) is 3.25. The molecule has 1 fully saturated rings. The van der Waals surface area contributed by atoms with Gasteiger partial charge in [0.25, 0.3) is 0 Å². The van der Waals surface area contributed by atoms with Crippen molar-refractivity contribution in [2.75, 3.05) is 18.9 Å². The Bertz CT molecular complexity index is 863. The van der Waals surface area contributed by atoms with E-state index in [0.29, 0.717) is 35.9 Å². The van der Waals surface area contributed by atoms with Gasteiger partial charge in [-0.1, -0.05) is 6.92 Å². The van der Waals surface area contributed by atoms with E-state index in [-0.39, 0.29) is 18.0 Å². The van der Waals surface area contributed by atoms with Gasteiger partial charge in [-0.25, -0.2) is 14.8 Å². The minimum atomic E-state index is -0.450. The second kappa shape index (κ2) is 6.31. The number of fused-ring (bicyclic) bond motifs is 1. The van der Waals surface area contributed by atoms with Gasteiger partial charge >= 0.3 is 5.69 Å². The highest BCUT2D eigenvalue weighted by atomic mass is 16.2. The van der Waals surface area contributed by atoms with Crippen molar-refractivity contribution in [2.45, 2.75) is 32.4 Å². The van der Waals surface area contributed by atoms with Crippen LogP contribution in [-0.2, 0) is 4.79 Å². The van der Waals surface area contributed by atoms with Gasteiger partial charge in [-0.15, -0.1) is 0 Å². The highest BCUT2D eigenvalue weighted by Gasteiger charge is 2.33. The van der Waals surface area contributed by atoms with Crippen molar-refractivity contribution < 1.29 is 4.79 Å². The van der Waals surface area contributed by atoms with E-state index in [1.165, 1.54) is 10.9 Å². The van der Waals surface area contributed by atoms with Crippen LogP contribution in [0.5, 0.6) is 0 Å². The number of aromatic nitrogens is 4. The molecule has 0 radical (unpaired) electrons. The third kappa shape index (κ3) is 2.60. The standard InChI is InChI=1S/C15H19N7O2/c1-9-4-6-21(11(23)3-5-16)10(7-9)22-12-13(17-2)18-8-19-14(12)20-15(22)24/h8-10H,3-4,6-7H2,1-2H3,(H2,17,18,19,20,24)/t9-,10?/m1/s1. The number of nitrogens with zero attached hydrogens (tertiary/aromatic N) is 5. The number of amides is 1. The number of aromatic amines is 1. The Hall–Kier alpha value is -2.89. The minimum absolute atomic E-state index is 0.197. The smallest absolute Gasteiger partial charge is 0.329 e. The van der Waals surface area contributed by atoms with Gasteiger partial charge in [0.15, 0.2) is 11.5 Å². The summed E-state index contributed by atoms with van der Waals surface area (Å²) < 4.78 is 1.53. The summed E-state index contributed by atoms with van der Waals surface area (Å²) in [6, 6.07) is 1.89. The number of nitrogens with one attached hydrogen (secondary N) is 2. The lowest BCUT2D eigenvalue weighted by Crippen LogP contribution is -2.45. The van der Waals surface area contributed by atoms with Gasteiger partial charge in [-0.3, -0.25) is 14.3 Å². The minimum Gasteiger partial charge on any atom is -0.371 e. The normalized spacial score (nSPS) is 20.8. The van der Waals surface area contributed by atoms with Gasteiger partial charge in [-0.05, 0) is 18.8 Å². The highest BCUT2D eigenvalue weighted by Crippen LogP contribution is 2.32. The third-order valence-electron chi connectivity index (χ3n) is 4.43. The predicted molar refractivity (Wildman–Crippen MR) is 87.1 cm³/mol. The van der Waals surface area contributed by atoms with Gasteiger partial charge in [0.05, 0.1) is 6.07 Å². The number of hydrogen-bond donors (Lipinski definition) is 2. The number of imidazole rings is 1. The Balaban J connectivity index is 2.15. The molecular formula is C15H19N7O2. The molecule has 1 unspecified atom stereocenters. The molecular weight excluding hydrogens is 310 g/mol. The summed E-state index contributed by atoms with van der Waals surface area (Å²) in [6.45, 7) is 2.61. The molecule has 0 aromatic carbocycles. The molecule has 9 nitrogen and oxygen atoms in total. The van der Waals surface area contributed by atoms with Crippen LogP contribution in [0.4, 0.5) is 5.82 Å². The SMILES string of the molecule is CNc1ncnc2[nH]c(=O)n(C3C[C@H](C)CCN3C(=O)CC#N)c12. The first-order valence-electron chi connectivity index (χ1n) is 7.86. The summed E-state index contributed by atoms with van der Waals surface area (Å²) >= 11 is 0. The maximum absolute atomic E-state index is 12.5. The molecule has 3 rings (SSSR count). The fraction of sp³-hybridized carbons (Fsp3) is 0.533. The number of carbonyl (C=O) groups excluding carboxylic acids is 1. The molecule has 126 valence electrons. The summed E-state index contributed by atoms with van der Waals surface area (Å²) in [5.41, 5.74) is 0.625. The molecule has 2 aromatic heterocycles. The van der Waals surface area contributed by atoms with Gasteiger partial charge in [0.1, 0.15) is 24.4 Å². The average molecular weight is 329 g/mol. The molecule has 9 heteroatoms. The van der Waals surface area contributed by atoms with Crippen LogP contribution in [0.3, 0.4) is 0 Å². The van der Waals surface area contributed by atoms with Crippen LogP contribution in [0.25, 0.3) is 11.2 Å². The van der Waals surface area contributed by atoms with Crippen molar-refractivity contribution in [3.8, 4) is 6.07 Å². The number of carbonyl (C=O) groups is 1. The Morgan fingerprint density at radius 1 is 1.54 bits per heavy atom. The van der Waals surface area contributed by atoms with E-state index in [1.54, 1.807) is 11.9 Å². The molecule has 1 aliphatic rings. The molecule has 1 saturated heterocycles. The van der Waals surface area contributed by atoms with Crippen LogP contribution in [0.1, 0.15) is 32.4 Å². The molecule has 24 heavy (non-hydrogen) atoms. The Kier molecular flexibility index (Phi) is 4.20. The molecule has 0 spiro atoms. The number of H-pyrrole nitrogens is 1. The predicted octanol–water partition coefficient (Wildman–Crippen LogP) is 0.832. The lowest BCUT2D eigenvalue weighted by atomic mass is 9.96. The Morgan fingerprint density at radius 2 is 2.33 bits per heavy atom. The van der Waals surface area contributed by atoms with Gasteiger partial charge in [0.2, 0.25) is 5.91 Å². The Morgan fingerprint density at radius 3 is 3.04 bits per heavy atom. The van der Waals surface area contributed by atoms with Crippen LogP contribution in [0.15, 0.2) is 11.1 Å². The monoisotopic (exact) mass is 329 g/mol. The molecule has 1 aliphatic heterocycles. The first kappa shape index (κ1) is 16.0. The van der Waals surface area contributed by atoms with Crippen LogP contribution >= 0.6 is 0 Å². The first-order valence-corrected chi connectivity index (χ1v) is 7.86. The number of piperidine rings is 1. The van der Waals surface area contributed by atoms with E-state index in [1.807, 2.05) is 6.07 Å². The van der Waals surface area contributed by atoms with Crippen LogP contribution in [0.2, 0.25) is 0 Å². The fourth-order valence-corrected chi connectivity index (χ4v) is 3.25. The first-order chi connectivity index (χ1) is 11.6. The molecule has 2 N–H and O–H groups in total. The van der Waals surface area contributed by atoms with Gasteiger partial charge < -0.3 is 10.2 Å². The summed E-state index contributed by atoms with van der Waals surface area (Å²) in [6.07, 6.45) is 2.21. The summed E-state index contributed by atoms with van der Waals surface area (Å²) in [7, 11) is 1.71. The molecule has 2 aromatic rings. The van der Waals surface area contributed by atoms with E-state index in [0.717, 1.165) is 6.42 Å². The molecule has 2 atom stereocenters. The van der Waals surface area contributed by atoms with Gasteiger partial charge in [0, 0.05) is 13.6 Å². The van der Waals surface area contributed by atoms with Crippen molar-refractivity contribution in [1.29, 1.82) is 5.26 Å². The van der Waals surface area contributed by atoms with E-state index < -0.39 is 6.17 Å². The second-order valence-electron chi connectivity index (χ2n) is 6.00. The van der Waals surface area contributed by atoms with E-state index >= 15 is 0 Å². The molecule has 3 heterocycles. The lowest BCUT2D eigenvalue weighted by molar-refractivity contribution is -0.137. The lowest BCUT2D eigenvalue weighted by Gasteiger charge is -2.38. The quantitative estimate of drug-likeness (QED) is 0.860. The van der Waals surface area contributed by atoms with E-state index in [2.05, 4.69) is 27.2 Å². The van der Waals surface area contributed by atoms with Crippen LogP contribution in [-0.4, -0.2) is 43.9 Å². The van der Waals surface area contributed by atoms with E-state index in [9.17, 15) is 9.59 Å². The number of likely N-dealkylation sites (tertiary alicyclic amines) is 1. The van der Waals surface area contributed by atoms with Crippen molar-refractivity contribution in [3.63, 3.8) is 0 Å². The van der Waals surface area contributed by atoms with Crippen LogP contribution < -0.4 is 11.0 Å². The number of anilines is 1. The van der Waals surface area contributed by atoms with Crippen molar-refractivity contribution in [2.24, 2.45) is 5.92 Å². The molecule has 1 amide bonds. The molecule has 0 bridgehead atoms. The van der Waals surface area contributed by atoms with E-state index in [4.69, 9.17) is 5.26 Å². The molecule has 0 saturated carbocycles. The van der Waals surface area contributed by atoms with Crippen LogP contribution in [0, 0.1) is 17.2 Å². The summed E-state index contributed by atoms with van der Waals surface area (Å²) in [4.78, 5) is 37.5. The van der Waals surface area contributed by atoms with Crippen molar-refractivity contribution >= 4 is 22.9 Å². The number of nitriles is 1. The average Bonchev–Trinajstić information content (AvgIpc) is 2.90. The number of rotatable bonds is 3. The maximum Gasteiger partial charge on any atom is 0.329 e. The third-order valence-corrected chi connectivity index (χ3v) is 4.43. The number of hydrogen-bond acceptors (Lipinski definition) is 6. The second-order valence-corrected chi connectivity index (χ2v) is 6.00. The molecule has 0 aliphatic carbocycles. The highest BCUT2D eigenvalue weighted by molar-refractivity contribution is 5.83. The zero-order valence-corrected chi connectivity index (χ0v) is 13.6. The van der Waals surface area contributed by atoms with Crippen molar-refractivity contribution in [3.05, 3.63) is 16.8 Å². The zero-order valence-electron chi connectivity index (χ0n) is 13.6. The van der Waals surface area contributed by atoms with Gasteiger partial charge in [-0.2, -0.15) is 5.26 Å². The van der Waals surface area contributed by atoms with Crippen molar-refractivity contribution in [1.82, 2.24) is 24.4 Å². The topological polar surface area (TPSA) is 120 Å². The largest absolute Gasteiger partial charge is 0.371 e. The summed E-state index contributed by atoms with van der Waals surface area (Å²) in [5.74, 6) is 0.614. The maximum atomic E-state index is 12.5. The zero-order chi connectivity index (χ0) is 17.3. The summed E-state index contributed by atoms with van der Waals surface area (Å²) in [5, 5.41) is 11.8.